The van der Waals surface area contributed by atoms with Gasteiger partial charge in [0.05, 0.1) is 0 Å². The van der Waals surface area contributed by atoms with Gasteiger partial charge in [-0.3, -0.25) is 0 Å². The van der Waals surface area contributed by atoms with Crippen molar-refractivity contribution in [2.24, 2.45) is 17.1 Å². The minimum Gasteiger partial charge on any atom is -0.324 e. The maximum absolute atomic E-state index is 6.20. The van der Waals surface area contributed by atoms with Crippen molar-refractivity contribution in [3.63, 3.8) is 0 Å². The molecule has 0 aromatic carbocycles. The van der Waals surface area contributed by atoms with Crippen molar-refractivity contribution in [1.82, 2.24) is 0 Å². The first-order chi connectivity index (χ1) is 6.00. The summed E-state index contributed by atoms with van der Waals surface area (Å²) in [5, 5.41) is 2.20. The number of nitrogens with two attached hydrogens (primary N) is 1. The highest BCUT2D eigenvalue weighted by Gasteiger charge is 2.49. The second-order valence-corrected chi connectivity index (χ2v) is 5.93. The van der Waals surface area contributed by atoms with Gasteiger partial charge in [-0.25, -0.2) is 0 Å². The molecule has 1 fully saturated rings. The van der Waals surface area contributed by atoms with Crippen LogP contribution in [-0.2, 0) is 0 Å². The Kier molecular flexibility index (Phi) is 2.00. The molecule has 2 atom stereocenters. The van der Waals surface area contributed by atoms with E-state index in [0.29, 0.717) is 11.3 Å². The Bertz CT molecular complexity index is 314. The minimum atomic E-state index is 0.264. The van der Waals surface area contributed by atoms with E-state index in [4.69, 9.17) is 5.73 Å². The van der Waals surface area contributed by atoms with Crippen LogP contribution in [0.1, 0.15) is 36.8 Å². The predicted molar refractivity (Wildman–Crippen MR) is 57.9 cm³/mol. The van der Waals surface area contributed by atoms with Gasteiger partial charge in [-0.2, -0.15) is 0 Å². The summed E-state index contributed by atoms with van der Waals surface area (Å²) in [6, 6.07) is 2.49. The fraction of sp³-hybridized carbons (Fsp3) is 0.636. The Labute approximate surface area is 84.0 Å². The largest absolute Gasteiger partial charge is 0.324 e. The molecule has 2 heteroatoms. The molecule has 1 heterocycles. The highest BCUT2D eigenvalue weighted by Crippen LogP contribution is 2.57. The Hall–Kier alpha value is -0.340. The summed E-state index contributed by atoms with van der Waals surface area (Å²) in [5.74, 6) is 0.696. The first kappa shape index (κ1) is 9.22. The lowest BCUT2D eigenvalue weighted by Gasteiger charge is -2.11. The van der Waals surface area contributed by atoms with Gasteiger partial charge in [0.1, 0.15) is 0 Å². The quantitative estimate of drug-likeness (QED) is 0.771. The molecule has 0 spiro atoms. The van der Waals surface area contributed by atoms with E-state index < -0.39 is 0 Å². The molecule has 2 rings (SSSR count). The molecule has 2 N–H and O–H groups in total. The summed E-state index contributed by atoms with van der Waals surface area (Å²) < 4.78 is 0. The first-order valence-corrected chi connectivity index (χ1v) is 5.69. The molecule has 1 aliphatic rings. The topological polar surface area (TPSA) is 26.0 Å². The van der Waals surface area contributed by atoms with Crippen molar-refractivity contribution in [3.05, 3.63) is 21.9 Å². The molecule has 1 saturated carbocycles. The van der Waals surface area contributed by atoms with E-state index >= 15 is 0 Å². The normalized spacial score (nSPS) is 27.2. The molecular weight excluding hydrogens is 178 g/mol. The van der Waals surface area contributed by atoms with Crippen LogP contribution >= 0.6 is 11.3 Å². The molecule has 13 heavy (non-hydrogen) atoms. The Morgan fingerprint density at radius 3 is 2.62 bits per heavy atom. The molecular formula is C11H17NS. The zero-order valence-electron chi connectivity index (χ0n) is 8.50. The molecule has 2 unspecified atom stereocenters. The number of rotatable bonds is 2. The van der Waals surface area contributed by atoms with Gasteiger partial charge in [0.2, 0.25) is 0 Å². The monoisotopic (exact) mass is 195 g/mol. The highest BCUT2D eigenvalue weighted by atomic mass is 32.1. The Morgan fingerprint density at radius 1 is 1.62 bits per heavy atom. The number of hydrogen-bond acceptors (Lipinski definition) is 2. The van der Waals surface area contributed by atoms with Crippen molar-refractivity contribution >= 4 is 11.3 Å². The molecule has 72 valence electrons. The van der Waals surface area contributed by atoms with Crippen molar-refractivity contribution < 1.29 is 0 Å². The van der Waals surface area contributed by atoms with Crippen molar-refractivity contribution in [1.29, 1.82) is 0 Å². The van der Waals surface area contributed by atoms with Crippen molar-refractivity contribution in [3.8, 4) is 0 Å². The van der Waals surface area contributed by atoms with E-state index in [1.807, 2.05) is 0 Å². The van der Waals surface area contributed by atoms with Crippen molar-refractivity contribution in [2.75, 3.05) is 0 Å². The zero-order valence-corrected chi connectivity index (χ0v) is 9.32. The summed E-state index contributed by atoms with van der Waals surface area (Å²) in [5.41, 5.74) is 8.01. The highest BCUT2D eigenvalue weighted by molar-refractivity contribution is 7.10. The van der Waals surface area contributed by atoms with Gasteiger partial charge in [0.15, 0.2) is 0 Å². The average molecular weight is 195 g/mol. The SMILES string of the molecule is Cc1cc(C(N)C2CC2(C)C)cs1. The maximum atomic E-state index is 6.20. The molecule has 0 saturated heterocycles. The summed E-state index contributed by atoms with van der Waals surface area (Å²) in [6.07, 6.45) is 1.28. The molecule has 1 aromatic rings. The van der Waals surface area contributed by atoms with E-state index in [1.165, 1.54) is 16.9 Å². The number of hydrogen-bond donors (Lipinski definition) is 1. The number of aryl methyl sites for hydroxylation is 1. The fourth-order valence-electron chi connectivity index (χ4n) is 1.99. The summed E-state index contributed by atoms with van der Waals surface area (Å²) in [6.45, 7) is 6.74. The molecule has 0 bridgehead atoms. The van der Waals surface area contributed by atoms with Gasteiger partial charge in [-0.1, -0.05) is 13.8 Å². The van der Waals surface area contributed by atoms with E-state index in [-0.39, 0.29) is 6.04 Å². The first-order valence-electron chi connectivity index (χ1n) is 4.81. The molecule has 0 amide bonds. The van der Waals surface area contributed by atoms with Gasteiger partial charge < -0.3 is 5.73 Å². The lowest BCUT2D eigenvalue weighted by molar-refractivity contribution is 0.492. The van der Waals surface area contributed by atoms with Crippen LogP contribution < -0.4 is 5.73 Å². The average Bonchev–Trinajstić information content (AvgIpc) is 2.47. The smallest absolute Gasteiger partial charge is 0.0337 e. The molecule has 0 radical (unpaired) electrons. The molecule has 1 aromatic heterocycles. The van der Waals surface area contributed by atoms with Crippen LogP contribution in [0.4, 0.5) is 0 Å². The third-order valence-electron chi connectivity index (χ3n) is 3.16. The minimum absolute atomic E-state index is 0.264. The van der Waals surface area contributed by atoms with Crippen LogP contribution in [0, 0.1) is 18.3 Å². The Balaban J connectivity index is 2.11. The second-order valence-electron chi connectivity index (χ2n) is 4.82. The molecule has 1 nitrogen and oxygen atoms in total. The lowest BCUT2D eigenvalue weighted by atomic mass is 10.00. The lowest BCUT2D eigenvalue weighted by Crippen LogP contribution is -2.14. The predicted octanol–water partition coefficient (Wildman–Crippen LogP) is 3.10. The van der Waals surface area contributed by atoms with Crippen LogP contribution in [0.15, 0.2) is 11.4 Å². The standard InChI is InChI=1S/C11H17NS/c1-7-4-8(6-13-7)10(12)9-5-11(9,2)3/h4,6,9-10H,5,12H2,1-3H3. The van der Waals surface area contributed by atoms with E-state index in [0.717, 1.165) is 0 Å². The summed E-state index contributed by atoms with van der Waals surface area (Å²) in [7, 11) is 0. The summed E-state index contributed by atoms with van der Waals surface area (Å²) in [4.78, 5) is 1.36. The van der Waals surface area contributed by atoms with Gasteiger partial charge >= 0.3 is 0 Å². The van der Waals surface area contributed by atoms with E-state index in [1.54, 1.807) is 11.3 Å². The van der Waals surface area contributed by atoms with Gasteiger partial charge in [0, 0.05) is 10.9 Å². The second kappa shape index (κ2) is 2.82. The number of thiophene rings is 1. The van der Waals surface area contributed by atoms with Gasteiger partial charge in [0.25, 0.3) is 0 Å². The van der Waals surface area contributed by atoms with E-state index in [9.17, 15) is 0 Å². The summed E-state index contributed by atoms with van der Waals surface area (Å²) >= 11 is 1.80. The molecule has 0 aliphatic heterocycles. The fourth-order valence-corrected chi connectivity index (χ4v) is 2.74. The van der Waals surface area contributed by atoms with Crippen LogP contribution in [-0.4, -0.2) is 0 Å². The third-order valence-corrected chi connectivity index (χ3v) is 4.04. The van der Waals surface area contributed by atoms with Crippen LogP contribution in [0.2, 0.25) is 0 Å². The Morgan fingerprint density at radius 2 is 2.23 bits per heavy atom. The van der Waals surface area contributed by atoms with Crippen molar-refractivity contribution in [2.45, 2.75) is 33.2 Å². The van der Waals surface area contributed by atoms with Crippen LogP contribution in [0.25, 0.3) is 0 Å². The van der Waals surface area contributed by atoms with Gasteiger partial charge in [-0.05, 0) is 41.7 Å². The molecule has 1 aliphatic carbocycles. The zero-order chi connectivity index (χ0) is 9.64. The third kappa shape index (κ3) is 1.65. The van der Waals surface area contributed by atoms with Gasteiger partial charge in [-0.15, -0.1) is 11.3 Å². The maximum Gasteiger partial charge on any atom is 0.0337 e. The van der Waals surface area contributed by atoms with Crippen LogP contribution in [0.3, 0.4) is 0 Å². The van der Waals surface area contributed by atoms with E-state index in [2.05, 4.69) is 32.2 Å². The van der Waals surface area contributed by atoms with Crippen LogP contribution in [0.5, 0.6) is 0 Å².